The number of likely N-dealkylation sites (N-methyl/N-ethyl adjacent to an activating group) is 1. The van der Waals surface area contributed by atoms with Crippen molar-refractivity contribution in [3.8, 4) is 0 Å². The molecule has 4 nitrogen and oxygen atoms in total. The van der Waals surface area contributed by atoms with E-state index in [4.69, 9.17) is 0 Å². The van der Waals surface area contributed by atoms with Gasteiger partial charge in [-0.05, 0) is 20.4 Å². The molecule has 0 amide bonds. The Labute approximate surface area is 100 Å². The van der Waals surface area contributed by atoms with E-state index in [1.165, 1.54) is 0 Å². The average molecular weight is 250 g/mol. The minimum Gasteiger partial charge on any atom is -0.314 e. The first-order valence-corrected chi connectivity index (χ1v) is 7.86. The van der Waals surface area contributed by atoms with E-state index in [9.17, 15) is 8.42 Å². The molecule has 0 rings (SSSR count). The molecule has 0 radical (unpaired) electrons. The van der Waals surface area contributed by atoms with Crippen molar-refractivity contribution in [1.82, 2.24) is 10.2 Å². The topological polar surface area (TPSA) is 49.4 Å². The van der Waals surface area contributed by atoms with Crippen molar-refractivity contribution in [3.63, 3.8) is 0 Å². The summed E-state index contributed by atoms with van der Waals surface area (Å²) in [4.78, 5) is 2.28. The Morgan fingerprint density at radius 2 is 1.88 bits per heavy atom. The lowest BCUT2D eigenvalue weighted by molar-refractivity contribution is 0.252. The summed E-state index contributed by atoms with van der Waals surface area (Å²) in [6.07, 6.45) is 1.14. The van der Waals surface area contributed by atoms with Crippen molar-refractivity contribution in [2.24, 2.45) is 0 Å². The number of sulfone groups is 1. The SMILES string of the molecule is CCC(C)N(C)CCNCCS(=O)(=O)CC. The molecule has 16 heavy (non-hydrogen) atoms. The fourth-order valence-electron chi connectivity index (χ4n) is 1.28. The van der Waals surface area contributed by atoms with Gasteiger partial charge in [0.2, 0.25) is 0 Å². The number of hydrogen-bond acceptors (Lipinski definition) is 4. The van der Waals surface area contributed by atoms with Gasteiger partial charge >= 0.3 is 0 Å². The number of hydrogen-bond donors (Lipinski definition) is 1. The van der Waals surface area contributed by atoms with Gasteiger partial charge in [-0.25, -0.2) is 8.42 Å². The molecule has 0 saturated carbocycles. The second-order valence-electron chi connectivity index (χ2n) is 4.22. The molecular weight excluding hydrogens is 224 g/mol. The van der Waals surface area contributed by atoms with E-state index in [1.54, 1.807) is 6.92 Å². The van der Waals surface area contributed by atoms with Crippen molar-refractivity contribution in [1.29, 1.82) is 0 Å². The third-order valence-corrected chi connectivity index (χ3v) is 4.72. The fraction of sp³-hybridized carbons (Fsp3) is 1.00. The van der Waals surface area contributed by atoms with Crippen molar-refractivity contribution >= 4 is 9.84 Å². The van der Waals surface area contributed by atoms with Crippen LogP contribution in [0.15, 0.2) is 0 Å². The molecule has 0 spiro atoms. The predicted octanol–water partition coefficient (Wildman–Crippen LogP) is 0.741. The van der Waals surface area contributed by atoms with Gasteiger partial charge in [-0.3, -0.25) is 0 Å². The molecule has 5 heteroatoms. The summed E-state index contributed by atoms with van der Waals surface area (Å²) in [5, 5.41) is 3.16. The van der Waals surface area contributed by atoms with E-state index in [0.717, 1.165) is 19.5 Å². The van der Waals surface area contributed by atoms with Gasteiger partial charge in [0.15, 0.2) is 9.84 Å². The molecule has 0 aromatic heterocycles. The summed E-state index contributed by atoms with van der Waals surface area (Å²) in [7, 11) is -0.721. The third kappa shape index (κ3) is 7.19. The van der Waals surface area contributed by atoms with Gasteiger partial charge in [-0.1, -0.05) is 13.8 Å². The van der Waals surface area contributed by atoms with Crippen LogP contribution >= 0.6 is 0 Å². The van der Waals surface area contributed by atoms with Crippen molar-refractivity contribution in [3.05, 3.63) is 0 Å². The standard InChI is InChI=1S/C11H26N2O2S/c1-5-11(3)13(4)9-7-12-8-10-16(14,15)6-2/h11-12H,5-10H2,1-4H3. The minimum absolute atomic E-state index is 0.238. The fourth-order valence-corrected chi connectivity index (χ4v) is 2.03. The zero-order chi connectivity index (χ0) is 12.6. The number of rotatable bonds is 9. The number of nitrogens with one attached hydrogen (secondary N) is 1. The summed E-state index contributed by atoms with van der Waals surface area (Å²) in [5.41, 5.74) is 0. The van der Waals surface area contributed by atoms with Gasteiger partial charge in [0.1, 0.15) is 0 Å². The van der Waals surface area contributed by atoms with Crippen LogP contribution in [0.25, 0.3) is 0 Å². The average Bonchev–Trinajstić information content (AvgIpc) is 2.27. The van der Waals surface area contributed by atoms with Crippen LogP contribution in [-0.4, -0.2) is 57.5 Å². The van der Waals surface area contributed by atoms with Crippen LogP contribution in [-0.2, 0) is 9.84 Å². The summed E-state index contributed by atoms with van der Waals surface area (Å²) < 4.78 is 22.4. The van der Waals surface area contributed by atoms with Gasteiger partial charge in [0.25, 0.3) is 0 Å². The van der Waals surface area contributed by atoms with E-state index < -0.39 is 9.84 Å². The van der Waals surface area contributed by atoms with Gasteiger partial charge in [-0.15, -0.1) is 0 Å². The van der Waals surface area contributed by atoms with Crippen LogP contribution in [0.5, 0.6) is 0 Å². The van der Waals surface area contributed by atoms with Crippen LogP contribution in [0, 0.1) is 0 Å². The Bertz CT molecular complexity index is 265. The zero-order valence-corrected chi connectivity index (χ0v) is 11.8. The Morgan fingerprint density at radius 3 is 2.38 bits per heavy atom. The Hall–Kier alpha value is -0.130. The first-order chi connectivity index (χ1) is 7.43. The van der Waals surface area contributed by atoms with Crippen LogP contribution < -0.4 is 5.32 Å². The Balaban J connectivity index is 3.55. The molecule has 0 aliphatic heterocycles. The molecule has 1 N–H and O–H groups in total. The lowest BCUT2D eigenvalue weighted by Gasteiger charge is -2.23. The second kappa shape index (κ2) is 8.03. The third-order valence-electron chi connectivity index (χ3n) is 3.01. The highest BCUT2D eigenvalue weighted by atomic mass is 32.2. The summed E-state index contributed by atoms with van der Waals surface area (Å²) in [6.45, 7) is 8.42. The van der Waals surface area contributed by atoms with Crippen LogP contribution in [0.1, 0.15) is 27.2 Å². The van der Waals surface area contributed by atoms with E-state index in [-0.39, 0.29) is 11.5 Å². The largest absolute Gasteiger partial charge is 0.314 e. The molecule has 0 bridgehead atoms. The van der Waals surface area contributed by atoms with Gasteiger partial charge in [-0.2, -0.15) is 0 Å². The van der Waals surface area contributed by atoms with Gasteiger partial charge in [0, 0.05) is 31.4 Å². The summed E-state index contributed by atoms with van der Waals surface area (Å²) in [6, 6.07) is 0.584. The van der Waals surface area contributed by atoms with E-state index in [0.29, 0.717) is 12.6 Å². The lowest BCUT2D eigenvalue weighted by atomic mass is 10.2. The molecule has 0 aromatic rings. The van der Waals surface area contributed by atoms with Crippen molar-refractivity contribution in [2.45, 2.75) is 33.2 Å². The first-order valence-electron chi connectivity index (χ1n) is 6.04. The molecule has 0 fully saturated rings. The molecule has 98 valence electrons. The highest BCUT2D eigenvalue weighted by Gasteiger charge is 2.07. The Morgan fingerprint density at radius 1 is 1.25 bits per heavy atom. The first kappa shape index (κ1) is 15.9. The molecule has 0 aliphatic carbocycles. The highest BCUT2D eigenvalue weighted by molar-refractivity contribution is 7.91. The summed E-state index contributed by atoms with van der Waals surface area (Å²) >= 11 is 0. The predicted molar refractivity (Wildman–Crippen MR) is 69.6 cm³/mol. The molecule has 0 heterocycles. The maximum Gasteiger partial charge on any atom is 0.151 e. The van der Waals surface area contributed by atoms with Crippen LogP contribution in [0.3, 0.4) is 0 Å². The van der Waals surface area contributed by atoms with Gasteiger partial charge < -0.3 is 10.2 Å². The molecular formula is C11H26N2O2S. The maximum absolute atomic E-state index is 11.2. The minimum atomic E-state index is -2.82. The molecule has 0 saturated heterocycles. The monoisotopic (exact) mass is 250 g/mol. The highest BCUT2D eigenvalue weighted by Crippen LogP contribution is 1.98. The smallest absolute Gasteiger partial charge is 0.151 e. The second-order valence-corrected chi connectivity index (χ2v) is 6.70. The normalized spacial score (nSPS) is 14.3. The van der Waals surface area contributed by atoms with E-state index in [1.807, 2.05) is 0 Å². The van der Waals surface area contributed by atoms with Crippen molar-refractivity contribution in [2.75, 3.05) is 38.2 Å². The zero-order valence-electron chi connectivity index (χ0n) is 11.0. The molecule has 0 aliphatic rings. The van der Waals surface area contributed by atoms with E-state index >= 15 is 0 Å². The maximum atomic E-state index is 11.2. The molecule has 1 atom stereocenters. The number of nitrogens with zero attached hydrogens (tertiary/aromatic N) is 1. The van der Waals surface area contributed by atoms with Crippen LogP contribution in [0.2, 0.25) is 0 Å². The lowest BCUT2D eigenvalue weighted by Crippen LogP contribution is -2.36. The molecule has 0 aromatic carbocycles. The van der Waals surface area contributed by atoms with Crippen LogP contribution in [0.4, 0.5) is 0 Å². The Kier molecular flexibility index (Phi) is 7.97. The quantitative estimate of drug-likeness (QED) is 0.613. The van der Waals surface area contributed by atoms with E-state index in [2.05, 4.69) is 31.1 Å². The van der Waals surface area contributed by atoms with Crippen molar-refractivity contribution < 1.29 is 8.42 Å². The summed E-state index contributed by atoms with van der Waals surface area (Å²) in [5.74, 6) is 0.484. The van der Waals surface area contributed by atoms with Gasteiger partial charge in [0.05, 0.1) is 5.75 Å². The molecule has 1 unspecified atom stereocenters.